The predicted octanol–water partition coefficient (Wildman–Crippen LogP) is 16.0. The molecule has 0 saturated heterocycles. The third-order valence-electron chi connectivity index (χ3n) is 11.5. The molecule has 11 rings (SSSR count). The molecule has 2 heteroatoms. The summed E-state index contributed by atoms with van der Waals surface area (Å²) >= 11 is 0. The number of anilines is 3. The highest BCUT2D eigenvalue weighted by Gasteiger charge is 2.19. The molecular weight excluding hydrogens is 703 g/mol. The van der Waals surface area contributed by atoms with Crippen LogP contribution in [0, 0.1) is 0 Å². The summed E-state index contributed by atoms with van der Waals surface area (Å²) in [5.41, 5.74) is 14.6. The lowest BCUT2D eigenvalue weighted by Gasteiger charge is -2.28. The fourth-order valence-corrected chi connectivity index (χ4v) is 8.63. The van der Waals surface area contributed by atoms with Gasteiger partial charge in [0.25, 0.3) is 0 Å². The van der Waals surface area contributed by atoms with Crippen molar-refractivity contribution in [3.05, 3.63) is 224 Å². The van der Waals surface area contributed by atoms with Gasteiger partial charge in [-0.3, -0.25) is 0 Å². The molecule has 0 N–H and O–H groups in total. The fourth-order valence-electron chi connectivity index (χ4n) is 8.63. The van der Waals surface area contributed by atoms with Gasteiger partial charge in [-0.25, -0.2) is 0 Å². The standard InChI is InChI=1S/C56H37NO/c1-2-12-40(13-3-1)49-33-34-54(51-20-7-6-19-50(49)51)57(46-17-10-16-43(36-46)44-30-35-56-53(37-44)52-21-8-9-23-55(52)58-56)45-31-28-39(29-32-45)38-24-26-42(27-25-38)48-22-11-15-41-14-4-5-18-47(41)48/h1-37H. The van der Waals surface area contributed by atoms with Crippen molar-refractivity contribution >= 4 is 60.5 Å². The Morgan fingerprint density at radius 3 is 1.66 bits per heavy atom. The van der Waals surface area contributed by atoms with E-state index in [2.05, 4.69) is 217 Å². The number of para-hydroxylation sites is 1. The van der Waals surface area contributed by atoms with Crippen LogP contribution in [0.1, 0.15) is 0 Å². The average molecular weight is 740 g/mol. The van der Waals surface area contributed by atoms with E-state index in [4.69, 9.17) is 4.42 Å². The van der Waals surface area contributed by atoms with Gasteiger partial charge in [0.1, 0.15) is 11.2 Å². The SMILES string of the molecule is c1ccc(-c2ccc(N(c3ccc(-c4ccc(-c5cccc6ccccc56)cc4)cc3)c3cccc(-c4ccc5oc6ccccc6c5c4)c3)c3ccccc23)cc1. The number of hydrogen-bond donors (Lipinski definition) is 0. The minimum Gasteiger partial charge on any atom is -0.456 e. The van der Waals surface area contributed by atoms with Crippen molar-refractivity contribution in [2.75, 3.05) is 4.90 Å². The monoisotopic (exact) mass is 739 g/mol. The van der Waals surface area contributed by atoms with Gasteiger partial charge >= 0.3 is 0 Å². The zero-order chi connectivity index (χ0) is 38.4. The first-order valence-corrected chi connectivity index (χ1v) is 19.8. The molecule has 0 fully saturated rings. The Hall–Kier alpha value is -7.68. The summed E-state index contributed by atoms with van der Waals surface area (Å²) in [5, 5.41) is 7.18. The Bertz CT molecular complexity index is 3260. The normalized spacial score (nSPS) is 11.4. The van der Waals surface area contributed by atoms with Crippen LogP contribution >= 0.6 is 0 Å². The minimum atomic E-state index is 0.899. The van der Waals surface area contributed by atoms with Gasteiger partial charge in [-0.05, 0) is 109 Å². The molecule has 0 saturated carbocycles. The Balaban J connectivity index is 1.02. The van der Waals surface area contributed by atoms with Gasteiger partial charge in [-0.2, -0.15) is 0 Å². The highest BCUT2D eigenvalue weighted by atomic mass is 16.3. The average Bonchev–Trinajstić information content (AvgIpc) is 3.68. The van der Waals surface area contributed by atoms with E-state index in [1.165, 1.54) is 54.9 Å². The summed E-state index contributed by atoms with van der Waals surface area (Å²) in [6.07, 6.45) is 0. The van der Waals surface area contributed by atoms with E-state index in [1.54, 1.807) is 0 Å². The lowest BCUT2D eigenvalue weighted by Crippen LogP contribution is -2.10. The second-order valence-corrected chi connectivity index (χ2v) is 14.9. The molecule has 0 spiro atoms. The number of rotatable bonds is 7. The smallest absolute Gasteiger partial charge is 0.135 e. The summed E-state index contributed by atoms with van der Waals surface area (Å²) in [5.74, 6) is 0. The van der Waals surface area contributed by atoms with Gasteiger partial charge in [0, 0.05) is 27.5 Å². The van der Waals surface area contributed by atoms with Crippen LogP contribution in [0.4, 0.5) is 17.1 Å². The maximum atomic E-state index is 6.18. The molecule has 0 aliphatic carbocycles. The van der Waals surface area contributed by atoms with Crippen molar-refractivity contribution in [2.45, 2.75) is 0 Å². The molecule has 272 valence electrons. The largest absolute Gasteiger partial charge is 0.456 e. The van der Waals surface area contributed by atoms with Crippen LogP contribution < -0.4 is 4.90 Å². The van der Waals surface area contributed by atoms with Gasteiger partial charge in [-0.15, -0.1) is 0 Å². The van der Waals surface area contributed by atoms with Crippen molar-refractivity contribution < 1.29 is 4.42 Å². The number of hydrogen-bond acceptors (Lipinski definition) is 2. The number of benzene rings is 10. The van der Waals surface area contributed by atoms with Gasteiger partial charge < -0.3 is 9.32 Å². The highest BCUT2D eigenvalue weighted by molar-refractivity contribution is 6.08. The molecule has 0 unspecified atom stereocenters. The molecule has 1 aromatic heterocycles. The lowest BCUT2D eigenvalue weighted by atomic mass is 9.95. The first-order valence-electron chi connectivity index (χ1n) is 19.8. The molecule has 10 aromatic carbocycles. The third-order valence-corrected chi connectivity index (χ3v) is 11.5. The zero-order valence-corrected chi connectivity index (χ0v) is 31.7. The lowest BCUT2D eigenvalue weighted by molar-refractivity contribution is 0.669. The van der Waals surface area contributed by atoms with Gasteiger partial charge in [0.2, 0.25) is 0 Å². The van der Waals surface area contributed by atoms with E-state index < -0.39 is 0 Å². The molecule has 1 heterocycles. The van der Waals surface area contributed by atoms with Crippen LogP contribution in [-0.4, -0.2) is 0 Å². The molecule has 0 aliphatic heterocycles. The van der Waals surface area contributed by atoms with Gasteiger partial charge in [0.15, 0.2) is 0 Å². The Morgan fingerprint density at radius 2 is 0.828 bits per heavy atom. The molecule has 2 nitrogen and oxygen atoms in total. The van der Waals surface area contributed by atoms with E-state index in [1.807, 2.05) is 12.1 Å². The topological polar surface area (TPSA) is 16.4 Å². The Labute approximate surface area is 337 Å². The third kappa shape index (κ3) is 5.91. The molecule has 11 aromatic rings. The second kappa shape index (κ2) is 14.1. The van der Waals surface area contributed by atoms with Gasteiger partial charge in [-0.1, -0.05) is 176 Å². The molecule has 0 radical (unpaired) electrons. The van der Waals surface area contributed by atoms with Crippen molar-refractivity contribution in [1.29, 1.82) is 0 Å². The Kier molecular flexibility index (Phi) is 8.19. The molecule has 58 heavy (non-hydrogen) atoms. The number of fused-ring (bicyclic) bond motifs is 5. The maximum Gasteiger partial charge on any atom is 0.135 e. The summed E-state index contributed by atoms with van der Waals surface area (Å²) in [6, 6.07) is 80.8. The summed E-state index contributed by atoms with van der Waals surface area (Å²) in [7, 11) is 0. The summed E-state index contributed by atoms with van der Waals surface area (Å²) in [4.78, 5) is 2.40. The van der Waals surface area contributed by atoms with Crippen molar-refractivity contribution in [2.24, 2.45) is 0 Å². The van der Waals surface area contributed by atoms with Crippen LogP contribution in [0.3, 0.4) is 0 Å². The van der Waals surface area contributed by atoms with E-state index in [0.717, 1.165) is 50.1 Å². The van der Waals surface area contributed by atoms with Crippen LogP contribution in [0.2, 0.25) is 0 Å². The molecule has 0 atom stereocenters. The van der Waals surface area contributed by atoms with Crippen LogP contribution in [-0.2, 0) is 0 Å². The van der Waals surface area contributed by atoms with Crippen LogP contribution in [0.25, 0.3) is 88.0 Å². The van der Waals surface area contributed by atoms with Gasteiger partial charge in [0.05, 0.1) is 5.69 Å². The van der Waals surface area contributed by atoms with E-state index in [9.17, 15) is 0 Å². The van der Waals surface area contributed by atoms with Crippen molar-refractivity contribution in [1.82, 2.24) is 0 Å². The van der Waals surface area contributed by atoms with E-state index in [-0.39, 0.29) is 0 Å². The van der Waals surface area contributed by atoms with Crippen molar-refractivity contribution in [3.8, 4) is 44.5 Å². The number of furan rings is 1. The first-order chi connectivity index (χ1) is 28.7. The molecule has 0 bridgehead atoms. The van der Waals surface area contributed by atoms with E-state index in [0.29, 0.717) is 0 Å². The second-order valence-electron chi connectivity index (χ2n) is 14.9. The van der Waals surface area contributed by atoms with E-state index >= 15 is 0 Å². The first kappa shape index (κ1) is 33.6. The predicted molar refractivity (Wildman–Crippen MR) is 245 cm³/mol. The molecular formula is C56H37NO. The fraction of sp³-hybridized carbons (Fsp3) is 0. The summed E-state index contributed by atoms with van der Waals surface area (Å²) in [6.45, 7) is 0. The van der Waals surface area contributed by atoms with Crippen LogP contribution in [0.15, 0.2) is 229 Å². The maximum absolute atomic E-state index is 6.18. The summed E-state index contributed by atoms with van der Waals surface area (Å²) < 4.78 is 6.18. The minimum absolute atomic E-state index is 0.899. The molecule has 0 amide bonds. The number of nitrogens with zero attached hydrogens (tertiary/aromatic N) is 1. The Morgan fingerprint density at radius 1 is 0.276 bits per heavy atom. The van der Waals surface area contributed by atoms with Crippen LogP contribution in [0.5, 0.6) is 0 Å². The quantitative estimate of drug-likeness (QED) is 0.162. The zero-order valence-electron chi connectivity index (χ0n) is 31.7. The highest BCUT2D eigenvalue weighted by Crippen LogP contribution is 2.44. The molecule has 0 aliphatic rings. The van der Waals surface area contributed by atoms with Crippen molar-refractivity contribution in [3.63, 3.8) is 0 Å².